The number of halogens is 1. The fourth-order valence-corrected chi connectivity index (χ4v) is 1.58. The molecule has 0 aliphatic heterocycles. The molecule has 1 aromatic rings. The highest BCUT2D eigenvalue weighted by molar-refractivity contribution is 5.34. The molecule has 0 aliphatic carbocycles. The highest BCUT2D eigenvalue weighted by Crippen LogP contribution is 2.14. The summed E-state index contributed by atoms with van der Waals surface area (Å²) in [7, 11) is 0. The zero-order chi connectivity index (χ0) is 12.7. The van der Waals surface area contributed by atoms with Gasteiger partial charge >= 0.3 is 0 Å². The fraction of sp³-hybridized carbons (Fsp3) is 0.417. The van der Waals surface area contributed by atoms with E-state index in [9.17, 15) is 4.39 Å². The average Bonchev–Trinajstić information content (AvgIpc) is 2.32. The minimum absolute atomic E-state index is 0.00967. The number of hydrogen-bond donors (Lipinski definition) is 2. The average molecular weight is 238 g/mol. The molecule has 0 spiro atoms. The Bertz CT molecular complexity index is 398. The first kappa shape index (κ1) is 13.6. The van der Waals surface area contributed by atoms with Gasteiger partial charge in [0.25, 0.3) is 0 Å². The van der Waals surface area contributed by atoms with Crippen LogP contribution in [0.4, 0.5) is 4.39 Å². The van der Waals surface area contributed by atoms with E-state index in [1.807, 2.05) is 0 Å². The second-order valence-electron chi connectivity index (χ2n) is 3.61. The van der Waals surface area contributed by atoms with Crippen LogP contribution < -0.4 is 0 Å². The van der Waals surface area contributed by atoms with Crippen LogP contribution in [0.1, 0.15) is 11.1 Å². The quantitative estimate of drug-likeness (QED) is 0.756. The van der Waals surface area contributed by atoms with Gasteiger partial charge in [0.1, 0.15) is 11.9 Å². The van der Waals surface area contributed by atoms with E-state index in [1.165, 1.54) is 6.07 Å². The van der Waals surface area contributed by atoms with Crippen LogP contribution in [0, 0.1) is 17.1 Å². The summed E-state index contributed by atoms with van der Waals surface area (Å²) in [5, 5.41) is 26.4. The molecule has 92 valence electrons. The normalized spacial score (nSPS) is 10.5. The summed E-state index contributed by atoms with van der Waals surface area (Å²) >= 11 is 0. The number of aliphatic hydroxyl groups is 2. The molecule has 0 fully saturated rings. The summed E-state index contributed by atoms with van der Waals surface area (Å²) in [5.41, 5.74) is 0.404. The molecule has 0 saturated carbocycles. The van der Waals surface area contributed by atoms with Crippen molar-refractivity contribution < 1.29 is 14.6 Å². The van der Waals surface area contributed by atoms with Gasteiger partial charge in [-0.3, -0.25) is 4.90 Å². The van der Waals surface area contributed by atoms with E-state index in [4.69, 9.17) is 15.5 Å². The van der Waals surface area contributed by atoms with Gasteiger partial charge in [0, 0.05) is 25.2 Å². The van der Waals surface area contributed by atoms with Crippen molar-refractivity contribution >= 4 is 0 Å². The molecule has 0 radical (unpaired) electrons. The molecule has 0 heterocycles. The van der Waals surface area contributed by atoms with Gasteiger partial charge in [-0.15, -0.1) is 0 Å². The standard InChI is InChI=1S/C12H15FN2O2/c13-12-10(8-14)2-1-3-11(12)9-15(4-6-16)5-7-17/h1-3,16-17H,4-7,9H2. The number of nitriles is 1. The molecule has 0 saturated heterocycles. The topological polar surface area (TPSA) is 67.5 Å². The molecule has 1 rings (SSSR count). The molecule has 1 aromatic carbocycles. The SMILES string of the molecule is N#Cc1cccc(CN(CCO)CCO)c1F. The predicted octanol–water partition coefficient (Wildman–Crippen LogP) is 0.484. The summed E-state index contributed by atoms with van der Waals surface area (Å²) in [5.74, 6) is -0.532. The lowest BCUT2D eigenvalue weighted by molar-refractivity contribution is 0.154. The summed E-state index contributed by atoms with van der Waals surface area (Å²) in [4.78, 5) is 1.72. The second-order valence-corrected chi connectivity index (χ2v) is 3.61. The largest absolute Gasteiger partial charge is 0.395 e. The lowest BCUT2D eigenvalue weighted by Gasteiger charge is -2.20. The van der Waals surface area contributed by atoms with Crippen molar-refractivity contribution in [2.45, 2.75) is 6.54 Å². The van der Waals surface area contributed by atoms with Gasteiger partial charge in [0.2, 0.25) is 0 Å². The van der Waals surface area contributed by atoms with E-state index in [1.54, 1.807) is 23.1 Å². The van der Waals surface area contributed by atoms with Crippen molar-refractivity contribution in [1.82, 2.24) is 4.90 Å². The number of rotatable bonds is 6. The van der Waals surface area contributed by atoms with Crippen molar-refractivity contribution in [2.24, 2.45) is 0 Å². The third-order valence-corrected chi connectivity index (χ3v) is 2.43. The van der Waals surface area contributed by atoms with Crippen molar-refractivity contribution in [3.8, 4) is 6.07 Å². The first-order valence-electron chi connectivity index (χ1n) is 5.34. The summed E-state index contributed by atoms with van der Waals surface area (Å²) in [6.07, 6.45) is 0. The van der Waals surface area contributed by atoms with Crippen LogP contribution in [-0.4, -0.2) is 41.4 Å². The van der Waals surface area contributed by atoms with Crippen molar-refractivity contribution in [1.29, 1.82) is 5.26 Å². The molecular formula is C12H15FN2O2. The van der Waals surface area contributed by atoms with Crippen LogP contribution >= 0.6 is 0 Å². The van der Waals surface area contributed by atoms with E-state index in [0.29, 0.717) is 18.7 Å². The summed E-state index contributed by atoms with van der Waals surface area (Å²) in [6.45, 7) is 0.870. The zero-order valence-electron chi connectivity index (χ0n) is 9.43. The van der Waals surface area contributed by atoms with Crippen LogP contribution in [-0.2, 0) is 6.54 Å². The predicted molar refractivity (Wildman–Crippen MR) is 60.6 cm³/mol. The molecule has 0 unspecified atom stereocenters. The molecule has 4 nitrogen and oxygen atoms in total. The molecule has 0 atom stereocenters. The van der Waals surface area contributed by atoms with E-state index in [2.05, 4.69) is 0 Å². The Kier molecular flexibility index (Phi) is 5.57. The van der Waals surface area contributed by atoms with Gasteiger partial charge in [0.05, 0.1) is 18.8 Å². The maximum absolute atomic E-state index is 13.7. The molecule has 0 aliphatic rings. The van der Waals surface area contributed by atoms with Gasteiger partial charge in [-0.2, -0.15) is 5.26 Å². The Morgan fingerprint density at radius 2 is 1.88 bits per heavy atom. The Morgan fingerprint density at radius 3 is 2.41 bits per heavy atom. The van der Waals surface area contributed by atoms with Crippen molar-refractivity contribution in [3.05, 3.63) is 35.1 Å². The Labute approximate surface area is 99.5 Å². The monoisotopic (exact) mass is 238 g/mol. The Morgan fingerprint density at radius 1 is 1.24 bits per heavy atom. The lowest BCUT2D eigenvalue weighted by atomic mass is 10.1. The van der Waals surface area contributed by atoms with Crippen LogP contribution in [0.3, 0.4) is 0 Å². The molecular weight excluding hydrogens is 223 g/mol. The molecule has 0 bridgehead atoms. The van der Waals surface area contributed by atoms with Crippen LogP contribution in [0.25, 0.3) is 0 Å². The molecule has 0 amide bonds. The van der Waals surface area contributed by atoms with E-state index in [0.717, 1.165) is 0 Å². The number of hydrogen-bond acceptors (Lipinski definition) is 4. The van der Waals surface area contributed by atoms with Crippen molar-refractivity contribution in [3.63, 3.8) is 0 Å². The van der Waals surface area contributed by atoms with Gasteiger partial charge in [0.15, 0.2) is 0 Å². The first-order chi connectivity index (χ1) is 8.22. The number of benzene rings is 1. The number of nitrogens with zero attached hydrogens (tertiary/aromatic N) is 2. The molecule has 17 heavy (non-hydrogen) atoms. The van der Waals surface area contributed by atoms with Gasteiger partial charge in [-0.05, 0) is 6.07 Å². The van der Waals surface area contributed by atoms with Gasteiger partial charge in [-0.25, -0.2) is 4.39 Å². The van der Waals surface area contributed by atoms with E-state index < -0.39 is 5.82 Å². The molecule has 2 N–H and O–H groups in total. The minimum atomic E-state index is -0.532. The molecule has 0 aromatic heterocycles. The maximum atomic E-state index is 13.7. The minimum Gasteiger partial charge on any atom is -0.395 e. The third kappa shape index (κ3) is 3.79. The maximum Gasteiger partial charge on any atom is 0.145 e. The van der Waals surface area contributed by atoms with Gasteiger partial charge < -0.3 is 10.2 Å². The summed E-state index contributed by atoms with van der Waals surface area (Å²) < 4.78 is 13.7. The first-order valence-corrected chi connectivity index (χ1v) is 5.34. The smallest absolute Gasteiger partial charge is 0.145 e. The van der Waals surface area contributed by atoms with Crippen LogP contribution in [0.2, 0.25) is 0 Å². The number of aliphatic hydroxyl groups excluding tert-OH is 2. The van der Waals surface area contributed by atoms with Crippen LogP contribution in [0.5, 0.6) is 0 Å². The molecule has 5 heteroatoms. The second kappa shape index (κ2) is 6.97. The lowest BCUT2D eigenvalue weighted by Crippen LogP contribution is -2.29. The van der Waals surface area contributed by atoms with Crippen molar-refractivity contribution in [2.75, 3.05) is 26.3 Å². The zero-order valence-corrected chi connectivity index (χ0v) is 9.43. The Balaban J connectivity index is 2.82. The van der Waals surface area contributed by atoms with Gasteiger partial charge in [-0.1, -0.05) is 12.1 Å². The summed E-state index contributed by atoms with van der Waals surface area (Å²) in [6, 6.07) is 6.41. The fourth-order valence-electron chi connectivity index (χ4n) is 1.58. The van der Waals surface area contributed by atoms with E-state index in [-0.39, 0.29) is 25.3 Å². The van der Waals surface area contributed by atoms with E-state index >= 15 is 0 Å². The Hall–Kier alpha value is -1.48. The highest BCUT2D eigenvalue weighted by Gasteiger charge is 2.11. The third-order valence-electron chi connectivity index (χ3n) is 2.43. The van der Waals surface area contributed by atoms with Crippen LogP contribution in [0.15, 0.2) is 18.2 Å². The highest BCUT2D eigenvalue weighted by atomic mass is 19.1.